The second-order valence-electron chi connectivity index (χ2n) is 5.08. The van der Waals surface area contributed by atoms with Crippen LogP contribution in [0.5, 0.6) is 0 Å². The fourth-order valence-corrected chi connectivity index (χ4v) is 6.20. The molecular formula is C10H20N3OP. The summed E-state index contributed by atoms with van der Waals surface area (Å²) >= 11 is 0. The summed E-state index contributed by atoms with van der Waals surface area (Å²) in [5.74, 6) is 0. The van der Waals surface area contributed by atoms with Crippen LogP contribution in [0.25, 0.3) is 0 Å². The second-order valence-corrected chi connectivity index (χ2v) is 7.70. The van der Waals surface area contributed by atoms with Gasteiger partial charge < -0.3 is 0 Å². The molecule has 3 heterocycles. The van der Waals surface area contributed by atoms with E-state index in [1.807, 2.05) is 0 Å². The summed E-state index contributed by atoms with van der Waals surface area (Å²) in [6.07, 6.45) is 2.40. The summed E-state index contributed by atoms with van der Waals surface area (Å²) in [7, 11) is -2.30. The first kappa shape index (κ1) is 10.3. The van der Waals surface area contributed by atoms with E-state index >= 15 is 0 Å². The number of hydrogen-bond donors (Lipinski definition) is 0. The van der Waals surface area contributed by atoms with Gasteiger partial charge in [0.25, 0.3) is 7.59 Å². The fraction of sp³-hybridized carbons (Fsp3) is 1.00. The first-order valence-corrected chi connectivity index (χ1v) is 7.60. The highest BCUT2D eigenvalue weighted by atomic mass is 31.2. The molecule has 0 aromatic heterocycles. The maximum atomic E-state index is 13.1. The highest BCUT2D eigenvalue weighted by Crippen LogP contribution is 2.65. The van der Waals surface area contributed by atoms with Crippen LogP contribution in [0.3, 0.4) is 0 Å². The Hall–Kier alpha value is 0.110. The van der Waals surface area contributed by atoms with Gasteiger partial charge in [-0.25, -0.2) is 14.0 Å². The van der Waals surface area contributed by atoms with Crippen LogP contribution < -0.4 is 0 Å². The van der Waals surface area contributed by atoms with Gasteiger partial charge in [-0.15, -0.1) is 0 Å². The van der Waals surface area contributed by atoms with Crippen LogP contribution in [-0.4, -0.2) is 52.3 Å². The number of rotatable bonds is 3. The standard InChI is InChI=1S/C10H20N3OP/c1-9-3-4-10(2)13(9)15(14,11-5-6-11)12-7-8-12/h9-10H,3-8H2,1-2H3/t9-,10-/m0/s1. The molecule has 3 aliphatic rings. The molecule has 2 atom stereocenters. The molecule has 4 nitrogen and oxygen atoms in total. The van der Waals surface area contributed by atoms with Crippen molar-refractivity contribution in [2.24, 2.45) is 0 Å². The maximum absolute atomic E-state index is 13.1. The third-order valence-corrected chi connectivity index (χ3v) is 7.45. The fourth-order valence-electron chi connectivity index (χ4n) is 2.78. The minimum Gasteiger partial charge on any atom is -0.270 e. The molecule has 3 rings (SSSR count). The van der Waals surface area contributed by atoms with Crippen molar-refractivity contribution >= 4 is 7.59 Å². The van der Waals surface area contributed by atoms with Crippen molar-refractivity contribution < 1.29 is 4.57 Å². The largest absolute Gasteiger partial charge is 0.287 e. The Balaban J connectivity index is 1.90. The molecule has 15 heavy (non-hydrogen) atoms. The molecule has 0 unspecified atom stereocenters. The van der Waals surface area contributed by atoms with Crippen LogP contribution >= 0.6 is 7.59 Å². The molecule has 0 aromatic carbocycles. The second kappa shape index (κ2) is 3.30. The predicted octanol–water partition coefficient (Wildman–Crippen LogP) is 1.60. The van der Waals surface area contributed by atoms with Crippen molar-refractivity contribution in [2.45, 2.75) is 38.8 Å². The van der Waals surface area contributed by atoms with Crippen molar-refractivity contribution in [3.63, 3.8) is 0 Å². The van der Waals surface area contributed by atoms with Crippen LogP contribution in [0.2, 0.25) is 0 Å². The molecule has 3 fully saturated rings. The molecule has 0 bridgehead atoms. The Kier molecular flexibility index (Phi) is 2.26. The van der Waals surface area contributed by atoms with Crippen molar-refractivity contribution in [1.82, 2.24) is 14.0 Å². The summed E-state index contributed by atoms with van der Waals surface area (Å²) < 4.78 is 19.8. The predicted molar refractivity (Wildman–Crippen MR) is 60.7 cm³/mol. The van der Waals surface area contributed by atoms with Gasteiger partial charge in [-0.2, -0.15) is 0 Å². The highest BCUT2D eigenvalue weighted by Gasteiger charge is 2.55. The first-order chi connectivity index (χ1) is 7.14. The summed E-state index contributed by atoms with van der Waals surface area (Å²) in [6.45, 7) is 8.58. The Morgan fingerprint density at radius 1 is 0.933 bits per heavy atom. The number of hydrogen-bond acceptors (Lipinski definition) is 1. The Morgan fingerprint density at radius 3 is 1.67 bits per heavy atom. The van der Waals surface area contributed by atoms with Crippen molar-refractivity contribution in [3.05, 3.63) is 0 Å². The van der Waals surface area contributed by atoms with Gasteiger partial charge in [0.05, 0.1) is 0 Å². The summed E-state index contributed by atoms with van der Waals surface area (Å²) in [4.78, 5) is 0. The Morgan fingerprint density at radius 2 is 1.33 bits per heavy atom. The van der Waals surface area contributed by atoms with E-state index < -0.39 is 7.59 Å². The van der Waals surface area contributed by atoms with Gasteiger partial charge >= 0.3 is 0 Å². The van der Waals surface area contributed by atoms with Gasteiger partial charge in [0.2, 0.25) is 0 Å². The zero-order valence-corrected chi connectivity index (χ0v) is 10.5. The van der Waals surface area contributed by atoms with Gasteiger partial charge in [0.15, 0.2) is 0 Å². The van der Waals surface area contributed by atoms with Crippen LogP contribution in [0.15, 0.2) is 0 Å². The van der Waals surface area contributed by atoms with Crippen LogP contribution in [0.4, 0.5) is 0 Å². The zero-order valence-electron chi connectivity index (χ0n) is 9.59. The minimum absolute atomic E-state index is 0.493. The maximum Gasteiger partial charge on any atom is 0.287 e. The molecule has 0 aromatic rings. The lowest BCUT2D eigenvalue weighted by atomic mass is 10.2. The number of nitrogens with zero attached hydrogens (tertiary/aromatic N) is 3. The Labute approximate surface area is 91.7 Å². The van der Waals surface area contributed by atoms with Crippen LogP contribution in [-0.2, 0) is 4.57 Å². The van der Waals surface area contributed by atoms with Gasteiger partial charge in [0, 0.05) is 38.3 Å². The van der Waals surface area contributed by atoms with Crippen molar-refractivity contribution in [1.29, 1.82) is 0 Å². The molecule has 0 N–H and O–H groups in total. The lowest BCUT2D eigenvalue weighted by Crippen LogP contribution is -2.34. The Bertz CT molecular complexity index is 288. The first-order valence-electron chi connectivity index (χ1n) is 6.04. The van der Waals surface area contributed by atoms with Gasteiger partial charge in [0.1, 0.15) is 0 Å². The molecule has 0 radical (unpaired) electrons. The van der Waals surface area contributed by atoms with Gasteiger partial charge in [-0.1, -0.05) is 0 Å². The van der Waals surface area contributed by atoms with Crippen LogP contribution in [0.1, 0.15) is 26.7 Å². The average Bonchev–Trinajstić information content (AvgIpc) is 3.02. The van der Waals surface area contributed by atoms with E-state index in [9.17, 15) is 4.57 Å². The third kappa shape index (κ3) is 1.50. The van der Waals surface area contributed by atoms with E-state index in [1.165, 1.54) is 12.8 Å². The van der Waals surface area contributed by atoms with E-state index in [4.69, 9.17) is 0 Å². The van der Waals surface area contributed by atoms with E-state index in [0.29, 0.717) is 12.1 Å². The van der Waals surface area contributed by atoms with E-state index in [1.54, 1.807) is 0 Å². The molecule has 5 heteroatoms. The lowest BCUT2D eigenvalue weighted by Gasteiger charge is -2.35. The lowest BCUT2D eigenvalue weighted by molar-refractivity contribution is 0.313. The van der Waals surface area contributed by atoms with E-state index in [-0.39, 0.29) is 0 Å². The van der Waals surface area contributed by atoms with Gasteiger partial charge in [-0.05, 0) is 26.7 Å². The summed E-state index contributed by atoms with van der Waals surface area (Å²) in [6, 6.07) is 0.985. The molecule has 0 amide bonds. The zero-order chi connectivity index (χ0) is 10.6. The molecule has 3 aliphatic heterocycles. The molecule has 0 aliphatic carbocycles. The SMILES string of the molecule is C[C@H]1CC[C@H](C)N1P(=O)(N1CC1)N1CC1. The molecule has 3 saturated heterocycles. The topological polar surface area (TPSA) is 26.3 Å². The molecule has 0 spiro atoms. The normalized spacial score (nSPS) is 38.5. The quantitative estimate of drug-likeness (QED) is 0.542. The average molecular weight is 229 g/mol. The molecule has 86 valence electrons. The summed E-state index contributed by atoms with van der Waals surface area (Å²) in [5.41, 5.74) is 0. The van der Waals surface area contributed by atoms with Crippen molar-refractivity contribution in [2.75, 3.05) is 26.2 Å². The van der Waals surface area contributed by atoms with Crippen LogP contribution in [0, 0.1) is 0 Å². The minimum atomic E-state index is -2.30. The highest BCUT2D eigenvalue weighted by molar-refractivity contribution is 7.57. The monoisotopic (exact) mass is 229 g/mol. The molecule has 0 saturated carbocycles. The third-order valence-electron chi connectivity index (χ3n) is 3.79. The summed E-state index contributed by atoms with van der Waals surface area (Å²) in [5, 5.41) is 0. The molecular weight excluding hydrogens is 209 g/mol. The van der Waals surface area contributed by atoms with E-state index in [0.717, 1.165) is 26.2 Å². The smallest absolute Gasteiger partial charge is 0.270 e. The van der Waals surface area contributed by atoms with E-state index in [2.05, 4.69) is 27.9 Å². The van der Waals surface area contributed by atoms with Gasteiger partial charge in [-0.3, -0.25) is 4.57 Å². The van der Waals surface area contributed by atoms with Crippen molar-refractivity contribution in [3.8, 4) is 0 Å².